The van der Waals surface area contributed by atoms with Gasteiger partial charge in [0.1, 0.15) is 12.1 Å². The van der Waals surface area contributed by atoms with Crippen molar-refractivity contribution >= 4 is 25.2 Å². The number of aromatic nitrogens is 1. The second-order valence-corrected chi connectivity index (χ2v) is 2.79. The van der Waals surface area contributed by atoms with Gasteiger partial charge in [-0.3, -0.25) is 4.79 Å². The number of hydrogen-bond donors (Lipinski definition) is 2. The molecule has 0 saturated heterocycles. The Morgan fingerprint density at radius 3 is 3.07 bits per heavy atom. The summed E-state index contributed by atoms with van der Waals surface area (Å²) in [6.07, 6.45) is 5.39. The maximum Gasteiger partial charge on any atom is 0.408 e. The summed E-state index contributed by atoms with van der Waals surface area (Å²) in [5.74, 6) is 0.577. The molecular weight excluding hydrogens is 179 g/mol. The average molecular weight is 190 g/mol. The highest BCUT2D eigenvalue weighted by atomic mass is 16.2. The van der Waals surface area contributed by atoms with Gasteiger partial charge in [-0.05, 0) is 30.6 Å². The zero-order chi connectivity index (χ0) is 10.4. The lowest BCUT2D eigenvalue weighted by molar-refractivity contribution is -0.104. The Hall–Kier alpha value is -1.62. The van der Waals surface area contributed by atoms with Crippen molar-refractivity contribution in [3.05, 3.63) is 30.0 Å². The monoisotopic (exact) mass is 190 g/mol. The maximum atomic E-state index is 10.1. The molecule has 1 aromatic heterocycles. The number of allylic oxidation sites excluding steroid dienone is 1. The number of carbonyl (C=O) groups excluding carboxylic acids is 1. The Kier molecular flexibility index (Phi) is 3.88. The van der Waals surface area contributed by atoms with Gasteiger partial charge in [0.05, 0.1) is 0 Å². The van der Waals surface area contributed by atoms with Crippen molar-refractivity contribution in [2.24, 2.45) is 0 Å². The summed E-state index contributed by atoms with van der Waals surface area (Å²) in [7, 11) is -0.646. The van der Waals surface area contributed by atoms with Gasteiger partial charge < -0.3 is 10.3 Å². The van der Waals surface area contributed by atoms with E-state index in [1.165, 1.54) is 6.08 Å². The minimum Gasteiger partial charge on any atom is -0.433 e. The van der Waals surface area contributed by atoms with E-state index in [9.17, 15) is 4.79 Å². The van der Waals surface area contributed by atoms with Crippen molar-refractivity contribution in [3.8, 4) is 0 Å². The molecule has 0 bridgehead atoms. The molecule has 4 nitrogen and oxygen atoms in total. The maximum absolute atomic E-state index is 10.1. The molecule has 0 aliphatic carbocycles. The first-order valence-electron chi connectivity index (χ1n) is 4.25. The molecule has 0 aliphatic rings. The van der Waals surface area contributed by atoms with Crippen molar-refractivity contribution in [2.75, 3.05) is 5.23 Å². The van der Waals surface area contributed by atoms with Gasteiger partial charge in [0.15, 0.2) is 0 Å². The largest absolute Gasteiger partial charge is 0.433 e. The number of anilines is 1. The van der Waals surface area contributed by atoms with Gasteiger partial charge in [0.25, 0.3) is 0 Å². The Labute approximate surface area is 82.8 Å². The molecule has 0 aliphatic heterocycles. The van der Waals surface area contributed by atoms with Crippen LogP contribution in [0.25, 0.3) is 6.08 Å². The van der Waals surface area contributed by atoms with E-state index >= 15 is 0 Å². The lowest BCUT2D eigenvalue weighted by atomic mass is 9.89. The number of hydrogen-bond acceptors (Lipinski definition) is 4. The first kappa shape index (κ1) is 10.5. The summed E-state index contributed by atoms with van der Waals surface area (Å²) in [6, 6.07) is 3.51. The molecule has 2 N–H and O–H groups in total. The third kappa shape index (κ3) is 3.41. The molecule has 0 radical (unpaired) electrons. The van der Waals surface area contributed by atoms with E-state index in [4.69, 9.17) is 5.02 Å². The van der Waals surface area contributed by atoms with Crippen LogP contribution in [0.2, 0.25) is 6.82 Å². The SMILES string of the molecule is CB(O)Nc1cc(C=CC=O)ccn1. The van der Waals surface area contributed by atoms with Crippen LogP contribution in [-0.2, 0) is 4.79 Å². The normalized spacial score (nSPS) is 10.1. The van der Waals surface area contributed by atoms with E-state index in [1.807, 2.05) is 0 Å². The Bertz CT molecular complexity index is 339. The minimum atomic E-state index is -0.646. The van der Waals surface area contributed by atoms with E-state index in [1.54, 1.807) is 31.2 Å². The molecule has 0 saturated carbocycles. The summed E-state index contributed by atoms with van der Waals surface area (Å²) in [5.41, 5.74) is 0.857. The van der Waals surface area contributed by atoms with Crippen LogP contribution in [0, 0.1) is 0 Å². The lowest BCUT2D eigenvalue weighted by Crippen LogP contribution is -2.20. The molecule has 72 valence electrons. The molecule has 0 aromatic carbocycles. The highest BCUT2D eigenvalue weighted by Crippen LogP contribution is 2.08. The fourth-order valence-electron chi connectivity index (χ4n) is 0.994. The number of nitrogens with zero attached hydrogens (tertiary/aromatic N) is 1. The summed E-state index contributed by atoms with van der Waals surface area (Å²) in [4.78, 5) is 14.1. The molecule has 1 rings (SSSR count). The van der Waals surface area contributed by atoms with Crippen LogP contribution in [0.5, 0.6) is 0 Å². The highest BCUT2D eigenvalue weighted by molar-refractivity contribution is 6.52. The van der Waals surface area contributed by atoms with Crippen LogP contribution < -0.4 is 5.23 Å². The van der Waals surface area contributed by atoms with Gasteiger partial charge in [0.2, 0.25) is 0 Å². The quantitative estimate of drug-likeness (QED) is 0.419. The fourth-order valence-corrected chi connectivity index (χ4v) is 0.994. The number of nitrogens with one attached hydrogen (secondary N) is 1. The topological polar surface area (TPSA) is 62.2 Å². The summed E-state index contributed by atoms with van der Waals surface area (Å²) >= 11 is 0. The molecule has 0 fully saturated rings. The van der Waals surface area contributed by atoms with Crippen LogP contribution in [0.4, 0.5) is 5.82 Å². The van der Waals surface area contributed by atoms with E-state index in [0.29, 0.717) is 12.1 Å². The predicted molar refractivity (Wildman–Crippen MR) is 56.8 cm³/mol. The Morgan fingerprint density at radius 1 is 1.64 bits per heavy atom. The number of rotatable bonds is 4. The second kappa shape index (κ2) is 5.19. The van der Waals surface area contributed by atoms with Crippen molar-refractivity contribution < 1.29 is 9.82 Å². The van der Waals surface area contributed by atoms with E-state index in [0.717, 1.165) is 5.56 Å². The van der Waals surface area contributed by atoms with Gasteiger partial charge in [-0.25, -0.2) is 4.98 Å². The molecule has 14 heavy (non-hydrogen) atoms. The zero-order valence-electron chi connectivity index (χ0n) is 7.84. The number of aldehydes is 1. The lowest BCUT2D eigenvalue weighted by Gasteiger charge is -2.04. The van der Waals surface area contributed by atoms with Crippen molar-refractivity contribution in [1.29, 1.82) is 0 Å². The smallest absolute Gasteiger partial charge is 0.408 e. The van der Waals surface area contributed by atoms with Crippen LogP contribution >= 0.6 is 0 Å². The second-order valence-electron chi connectivity index (χ2n) is 2.79. The Morgan fingerprint density at radius 2 is 2.43 bits per heavy atom. The molecule has 0 unspecified atom stereocenters. The summed E-state index contributed by atoms with van der Waals surface area (Å²) < 4.78 is 0. The molecule has 0 amide bonds. The van der Waals surface area contributed by atoms with Gasteiger partial charge in [-0.15, -0.1) is 0 Å². The van der Waals surface area contributed by atoms with E-state index in [-0.39, 0.29) is 0 Å². The molecule has 1 aromatic rings. The Balaban J connectivity index is 2.78. The number of carbonyl (C=O) groups is 1. The van der Waals surface area contributed by atoms with Gasteiger partial charge in [-0.2, -0.15) is 0 Å². The van der Waals surface area contributed by atoms with Gasteiger partial charge in [0, 0.05) is 6.20 Å². The van der Waals surface area contributed by atoms with Crippen LogP contribution in [-0.4, -0.2) is 23.3 Å². The minimum absolute atomic E-state index is 0.577. The molecule has 0 spiro atoms. The average Bonchev–Trinajstić information content (AvgIpc) is 2.14. The van der Waals surface area contributed by atoms with Gasteiger partial charge >= 0.3 is 7.05 Å². The molecular formula is C9H11BN2O2. The highest BCUT2D eigenvalue weighted by Gasteiger charge is 2.02. The summed E-state index contributed by atoms with van der Waals surface area (Å²) in [5, 5.41) is 11.8. The molecule has 1 heterocycles. The van der Waals surface area contributed by atoms with Crippen LogP contribution in [0.3, 0.4) is 0 Å². The van der Waals surface area contributed by atoms with Crippen LogP contribution in [0.15, 0.2) is 24.4 Å². The first-order chi connectivity index (χ1) is 6.72. The third-order valence-corrected chi connectivity index (χ3v) is 1.51. The van der Waals surface area contributed by atoms with Crippen LogP contribution in [0.1, 0.15) is 5.56 Å². The summed E-state index contributed by atoms with van der Waals surface area (Å²) in [6.45, 7) is 1.61. The van der Waals surface area contributed by atoms with Crippen molar-refractivity contribution in [1.82, 2.24) is 4.98 Å². The zero-order valence-corrected chi connectivity index (χ0v) is 7.84. The predicted octanol–water partition coefficient (Wildman–Crippen LogP) is 0.816. The van der Waals surface area contributed by atoms with E-state index in [2.05, 4.69) is 10.2 Å². The first-order valence-corrected chi connectivity index (χ1v) is 4.25. The third-order valence-electron chi connectivity index (χ3n) is 1.51. The number of pyridine rings is 1. The molecule has 5 heteroatoms. The van der Waals surface area contributed by atoms with Crippen molar-refractivity contribution in [3.63, 3.8) is 0 Å². The van der Waals surface area contributed by atoms with Gasteiger partial charge in [-0.1, -0.05) is 6.08 Å². The van der Waals surface area contributed by atoms with E-state index < -0.39 is 7.05 Å². The molecule has 0 atom stereocenters. The standard InChI is InChI=1S/C9H11BN2O2/c1-10(14)12-9-7-8(3-2-6-13)4-5-11-9/h2-7,14H,1H3,(H,11,12). The van der Waals surface area contributed by atoms with Crippen molar-refractivity contribution in [2.45, 2.75) is 6.82 Å². The fraction of sp³-hybridized carbons (Fsp3) is 0.111.